The topological polar surface area (TPSA) is 67.2 Å². The molecule has 0 saturated carbocycles. The first kappa shape index (κ1) is 14.0. The van der Waals surface area contributed by atoms with Crippen LogP contribution in [-0.4, -0.2) is 24.2 Å². The molecule has 2 rings (SSSR count). The van der Waals surface area contributed by atoms with Crippen LogP contribution in [0.5, 0.6) is 0 Å². The van der Waals surface area contributed by atoms with Crippen LogP contribution in [0.25, 0.3) is 0 Å². The number of allylic oxidation sites excluding steroid dienone is 1. The van der Waals surface area contributed by atoms with E-state index in [9.17, 15) is 9.59 Å². The number of aryl methyl sites for hydroxylation is 1. The number of fused-ring (bicyclic) bond motifs is 1. The van der Waals surface area contributed by atoms with Gasteiger partial charge in [-0.15, -0.1) is 0 Å². The van der Waals surface area contributed by atoms with Gasteiger partial charge in [0.05, 0.1) is 6.61 Å². The molecule has 1 N–H and O–H groups in total. The number of hydrogen-bond acceptors (Lipinski definition) is 4. The van der Waals surface area contributed by atoms with Gasteiger partial charge in [-0.05, 0) is 37.3 Å². The lowest BCUT2D eigenvalue weighted by Crippen LogP contribution is -2.15. The van der Waals surface area contributed by atoms with Crippen LogP contribution in [0.15, 0.2) is 41.5 Å². The number of Topliss-reactive ketones (excluding diaryl/α,β-unsaturated/α-hetero) is 1. The predicted octanol–water partition coefficient (Wildman–Crippen LogP) is 2.48. The van der Waals surface area contributed by atoms with Crippen molar-refractivity contribution < 1.29 is 14.3 Å². The van der Waals surface area contributed by atoms with Crippen LogP contribution in [0.4, 0.5) is 0 Å². The first-order chi connectivity index (χ1) is 9.67. The first-order valence-electron chi connectivity index (χ1n) is 6.47. The zero-order chi connectivity index (χ0) is 14.5. The van der Waals surface area contributed by atoms with Gasteiger partial charge in [0, 0.05) is 11.1 Å². The smallest absolute Gasteiger partial charge is 0.347 e. The Kier molecular flexibility index (Phi) is 4.28. The van der Waals surface area contributed by atoms with Gasteiger partial charge in [0.25, 0.3) is 0 Å². The molecule has 0 aromatic heterocycles. The number of benzene rings is 1. The third-order valence-electron chi connectivity index (χ3n) is 3.17. The molecule has 0 fully saturated rings. The highest BCUT2D eigenvalue weighted by molar-refractivity contribution is 6.12. The van der Waals surface area contributed by atoms with E-state index in [0.717, 1.165) is 12.0 Å². The molecule has 1 aromatic rings. The van der Waals surface area contributed by atoms with Gasteiger partial charge < -0.3 is 4.74 Å². The normalized spacial score (nSPS) is 15.4. The molecular weight excluding hydrogens is 254 g/mol. The average Bonchev–Trinajstić information content (AvgIpc) is 2.47. The fraction of sp³-hybridized carbons (Fsp3) is 0.250. The van der Waals surface area contributed by atoms with Gasteiger partial charge in [0.15, 0.2) is 5.78 Å². The minimum absolute atomic E-state index is 0.0189. The molecule has 0 aliphatic heterocycles. The number of hydrogen-bond donors (Lipinski definition) is 1. The summed E-state index contributed by atoms with van der Waals surface area (Å²) in [6.07, 6.45) is 2.73. The highest BCUT2D eigenvalue weighted by Crippen LogP contribution is 2.25. The van der Waals surface area contributed by atoms with Crippen molar-refractivity contribution in [1.82, 2.24) is 0 Å². The largest absolute Gasteiger partial charge is 0.462 e. The van der Waals surface area contributed by atoms with Gasteiger partial charge in [-0.3, -0.25) is 10.2 Å². The van der Waals surface area contributed by atoms with Crippen LogP contribution in [0, 0.1) is 5.41 Å². The lowest BCUT2D eigenvalue weighted by molar-refractivity contribution is -0.137. The molecule has 4 nitrogen and oxygen atoms in total. The summed E-state index contributed by atoms with van der Waals surface area (Å²) in [5.74, 6) is 1.32. The van der Waals surface area contributed by atoms with Crippen LogP contribution in [0.1, 0.15) is 29.3 Å². The van der Waals surface area contributed by atoms with Crippen molar-refractivity contribution in [3.8, 4) is 0 Å². The van der Waals surface area contributed by atoms with E-state index in [4.69, 9.17) is 10.1 Å². The highest BCUT2D eigenvalue weighted by atomic mass is 16.5. The van der Waals surface area contributed by atoms with Crippen molar-refractivity contribution in [2.75, 3.05) is 6.61 Å². The maximum absolute atomic E-state index is 12.3. The van der Waals surface area contributed by atoms with E-state index in [2.05, 4.69) is 0 Å². The minimum atomic E-state index is -0.623. The van der Waals surface area contributed by atoms with Crippen molar-refractivity contribution in [2.24, 2.45) is 0 Å². The minimum Gasteiger partial charge on any atom is -0.462 e. The van der Waals surface area contributed by atoms with Crippen molar-refractivity contribution in [2.45, 2.75) is 19.8 Å². The summed E-state index contributed by atoms with van der Waals surface area (Å²) in [6.45, 7) is 1.92. The molecule has 0 radical (unpaired) electrons. The molecule has 0 spiro atoms. The Bertz CT molecular complexity index is 637. The first-order valence-corrected chi connectivity index (χ1v) is 6.47. The van der Waals surface area contributed by atoms with Crippen LogP contribution in [0.2, 0.25) is 0 Å². The number of ether oxygens (including phenoxy) is 1. The molecule has 0 amide bonds. The molecule has 1 aliphatic rings. The van der Waals surface area contributed by atoms with Gasteiger partial charge in [-0.25, -0.2) is 4.79 Å². The fourth-order valence-electron chi connectivity index (χ4n) is 2.18. The summed E-state index contributed by atoms with van der Waals surface area (Å²) >= 11 is 0. The van der Waals surface area contributed by atoms with Crippen molar-refractivity contribution in [3.05, 3.63) is 52.6 Å². The van der Waals surface area contributed by atoms with Gasteiger partial charge in [-0.1, -0.05) is 24.3 Å². The number of rotatable bonds is 3. The van der Waals surface area contributed by atoms with Crippen molar-refractivity contribution >= 4 is 17.6 Å². The Morgan fingerprint density at radius 3 is 2.85 bits per heavy atom. The molecule has 0 saturated heterocycles. The Labute approximate surface area is 117 Å². The van der Waals surface area contributed by atoms with E-state index in [-0.39, 0.29) is 18.0 Å². The van der Waals surface area contributed by atoms with Gasteiger partial charge in [-0.2, -0.15) is 0 Å². The lowest BCUT2D eigenvalue weighted by atomic mass is 9.86. The molecule has 0 bridgehead atoms. The van der Waals surface area contributed by atoms with Crippen molar-refractivity contribution in [3.63, 3.8) is 0 Å². The second-order valence-electron chi connectivity index (χ2n) is 4.41. The molecule has 0 unspecified atom stereocenters. The quantitative estimate of drug-likeness (QED) is 0.520. The molecule has 20 heavy (non-hydrogen) atoms. The second-order valence-corrected chi connectivity index (χ2v) is 4.41. The monoisotopic (exact) mass is 269 g/mol. The van der Waals surface area contributed by atoms with E-state index >= 15 is 0 Å². The summed E-state index contributed by atoms with van der Waals surface area (Å²) in [6, 6.07) is 7.44. The molecule has 1 aliphatic carbocycles. The van der Waals surface area contributed by atoms with E-state index in [0.29, 0.717) is 17.6 Å². The van der Waals surface area contributed by atoms with E-state index in [1.165, 1.54) is 6.08 Å². The zero-order valence-corrected chi connectivity index (χ0v) is 11.2. The highest BCUT2D eigenvalue weighted by Gasteiger charge is 2.22. The standard InChI is InChI=1S/C16H15NO3/c1-2-20-16(19)13(10-17)9-12-8-7-11-5-3-4-6-14(11)15(12)18/h3-6,9,17H,2,7-8H2,1H3/b12-9-. The third kappa shape index (κ3) is 2.76. The summed E-state index contributed by atoms with van der Waals surface area (Å²) in [4.78, 5) is 23.9. The van der Waals surface area contributed by atoms with Crippen LogP contribution >= 0.6 is 0 Å². The summed E-state index contributed by atoms with van der Waals surface area (Å²) in [5.41, 5.74) is 2.19. The van der Waals surface area contributed by atoms with Crippen molar-refractivity contribution in [1.29, 1.82) is 5.41 Å². The lowest BCUT2D eigenvalue weighted by Gasteiger charge is -2.17. The molecule has 0 heterocycles. The van der Waals surface area contributed by atoms with Crippen LogP contribution in [-0.2, 0) is 16.0 Å². The fourth-order valence-corrected chi connectivity index (χ4v) is 2.18. The Balaban J connectivity index is 2.31. The third-order valence-corrected chi connectivity index (χ3v) is 3.17. The zero-order valence-electron chi connectivity index (χ0n) is 11.2. The molecule has 0 atom stereocenters. The summed E-state index contributed by atoms with van der Waals surface area (Å²) < 4.78 is 4.83. The van der Waals surface area contributed by atoms with Gasteiger partial charge in [0.1, 0.15) is 5.57 Å². The Morgan fingerprint density at radius 2 is 2.15 bits per heavy atom. The van der Waals surface area contributed by atoms with E-state index in [1.807, 2.05) is 24.1 Å². The molecule has 4 heteroatoms. The van der Waals surface area contributed by atoms with Gasteiger partial charge in [0.2, 0.25) is 0 Å². The number of carbonyl (C=O) groups is 2. The maximum atomic E-state index is 12.3. The summed E-state index contributed by atoms with van der Waals surface area (Å²) in [5, 5.41) is 7.15. The summed E-state index contributed by atoms with van der Waals surface area (Å²) in [7, 11) is 0. The number of esters is 1. The molecule has 102 valence electrons. The number of carbonyl (C=O) groups excluding carboxylic acids is 2. The molecular formula is C16H15NO3. The number of nitrogens with one attached hydrogen (secondary N) is 1. The van der Waals surface area contributed by atoms with E-state index in [1.54, 1.807) is 13.0 Å². The maximum Gasteiger partial charge on any atom is 0.347 e. The second kappa shape index (κ2) is 6.13. The van der Waals surface area contributed by atoms with Gasteiger partial charge >= 0.3 is 5.97 Å². The average molecular weight is 269 g/mol. The predicted molar refractivity (Wildman–Crippen MR) is 75.0 cm³/mol. The Hall–Kier alpha value is -2.45. The van der Waals surface area contributed by atoms with E-state index < -0.39 is 5.97 Å². The van der Waals surface area contributed by atoms with Crippen LogP contribution in [0.3, 0.4) is 0 Å². The SMILES string of the molecule is CCOC(=O)C(=C=N)/C=C1/CCc2ccccc2C1=O. The van der Waals surface area contributed by atoms with Crippen LogP contribution < -0.4 is 0 Å². The molecule has 1 aromatic carbocycles. The number of ketones is 1. The Morgan fingerprint density at radius 1 is 1.40 bits per heavy atom.